The monoisotopic (exact) mass is 528 g/mol. The number of hydrogen-bond donors (Lipinski definition) is 0. The SMILES string of the molecule is CC(N1CCCCC1=O)N1CCC[C@H](OCc2cc(C(F)(F)F)cc(C(F)(F)F)c2)[C@@H]1c1ccccc1. The summed E-state index contributed by atoms with van der Waals surface area (Å²) in [5, 5.41) is 0. The molecule has 37 heavy (non-hydrogen) atoms. The van der Waals surface area contributed by atoms with E-state index in [0.29, 0.717) is 38.1 Å². The lowest BCUT2D eigenvalue weighted by Crippen LogP contribution is -2.56. The summed E-state index contributed by atoms with van der Waals surface area (Å²) < 4.78 is 86.0. The van der Waals surface area contributed by atoms with Crippen molar-refractivity contribution >= 4 is 5.91 Å². The molecule has 0 aromatic heterocycles. The highest BCUT2D eigenvalue weighted by atomic mass is 19.4. The first-order chi connectivity index (χ1) is 17.4. The Morgan fingerprint density at radius 1 is 0.919 bits per heavy atom. The van der Waals surface area contributed by atoms with E-state index in [1.165, 1.54) is 0 Å². The molecule has 2 aliphatic rings. The molecule has 2 saturated heterocycles. The summed E-state index contributed by atoms with van der Waals surface area (Å²) >= 11 is 0. The van der Waals surface area contributed by atoms with E-state index in [2.05, 4.69) is 4.90 Å². The molecule has 1 unspecified atom stereocenters. The van der Waals surface area contributed by atoms with E-state index in [1.54, 1.807) is 0 Å². The molecule has 0 spiro atoms. The second-order valence-corrected chi connectivity index (χ2v) is 9.68. The van der Waals surface area contributed by atoms with E-state index in [9.17, 15) is 31.1 Å². The number of piperidine rings is 2. The minimum absolute atomic E-state index is 0.0808. The van der Waals surface area contributed by atoms with Crippen LogP contribution in [0.4, 0.5) is 26.3 Å². The van der Waals surface area contributed by atoms with Crippen molar-refractivity contribution in [3.63, 3.8) is 0 Å². The highest BCUT2D eigenvalue weighted by molar-refractivity contribution is 5.77. The number of nitrogens with zero attached hydrogens (tertiary/aromatic N) is 2. The second kappa shape index (κ2) is 11.0. The summed E-state index contributed by atoms with van der Waals surface area (Å²) in [6.07, 6.45) is -6.98. The molecule has 0 N–H and O–H groups in total. The third-order valence-corrected chi connectivity index (χ3v) is 7.16. The molecular weight excluding hydrogens is 498 g/mol. The number of ether oxygens (including phenoxy) is 1. The highest BCUT2D eigenvalue weighted by Gasteiger charge is 2.40. The van der Waals surface area contributed by atoms with E-state index in [4.69, 9.17) is 4.74 Å². The van der Waals surface area contributed by atoms with Gasteiger partial charge in [-0.15, -0.1) is 0 Å². The largest absolute Gasteiger partial charge is 0.416 e. The molecule has 4 rings (SSSR count). The molecule has 3 atom stereocenters. The van der Waals surface area contributed by atoms with Gasteiger partial charge in [-0.2, -0.15) is 26.3 Å². The van der Waals surface area contributed by atoms with Crippen LogP contribution in [-0.2, 0) is 28.5 Å². The van der Waals surface area contributed by atoms with Crippen molar-refractivity contribution in [2.24, 2.45) is 0 Å². The third-order valence-electron chi connectivity index (χ3n) is 7.16. The lowest BCUT2D eigenvalue weighted by atomic mass is 9.91. The van der Waals surface area contributed by atoms with Crippen LogP contribution in [0.3, 0.4) is 0 Å². The lowest BCUT2D eigenvalue weighted by molar-refractivity contribution is -0.147. The average Bonchev–Trinajstić information content (AvgIpc) is 2.86. The van der Waals surface area contributed by atoms with Crippen molar-refractivity contribution in [2.75, 3.05) is 13.1 Å². The summed E-state index contributed by atoms with van der Waals surface area (Å²) in [6, 6.07) is 10.7. The van der Waals surface area contributed by atoms with Crippen LogP contribution < -0.4 is 0 Å². The number of halogens is 6. The Bertz CT molecular complexity index is 1040. The quantitative estimate of drug-likeness (QED) is 0.387. The van der Waals surface area contributed by atoms with Crippen molar-refractivity contribution < 1.29 is 35.9 Å². The van der Waals surface area contributed by atoms with Crippen LogP contribution in [0.2, 0.25) is 0 Å². The van der Waals surface area contributed by atoms with Gasteiger partial charge in [-0.3, -0.25) is 9.69 Å². The third kappa shape index (κ3) is 6.46. The first kappa shape index (κ1) is 27.4. The fourth-order valence-corrected chi connectivity index (χ4v) is 5.34. The Balaban J connectivity index is 1.61. The molecule has 202 valence electrons. The number of rotatable bonds is 6. The normalized spacial score (nSPS) is 22.8. The van der Waals surface area contributed by atoms with E-state index >= 15 is 0 Å². The van der Waals surface area contributed by atoms with Crippen LogP contribution in [0.5, 0.6) is 0 Å². The van der Waals surface area contributed by atoms with E-state index in [1.807, 2.05) is 42.2 Å². The molecule has 0 aliphatic carbocycles. The fourth-order valence-electron chi connectivity index (χ4n) is 5.34. The van der Waals surface area contributed by atoms with Gasteiger partial charge in [0, 0.05) is 19.5 Å². The Hall–Kier alpha value is -2.59. The van der Waals surface area contributed by atoms with Crippen LogP contribution in [0.1, 0.15) is 67.3 Å². The Morgan fingerprint density at radius 3 is 2.16 bits per heavy atom. The van der Waals surface area contributed by atoms with Gasteiger partial charge in [0.05, 0.1) is 36.0 Å². The molecule has 1 amide bonds. The zero-order valence-corrected chi connectivity index (χ0v) is 20.5. The Labute approximate surface area is 212 Å². The lowest BCUT2D eigenvalue weighted by Gasteiger charge is -2.48. The molecule has 2 aromatic rings. The van der Waals surface area contributed by atoms with E-state index in [-0.39, 0.29) is 29.7 Å². The van der Waals surface area contributed by atoms with Crippen LogP contribution >= 0.6 is 0 Å². The van der Waals surface area contributed by atoms with E-state index < -0.39 is 36.2 Å². The van der Waals surface area contributed by atoms with Gasteiger partial charge >= 0.3 is 12.4 Å². The van der Waals surface area contributed by atoms with Gasteiger partial charge in [0.25, 0.3) is 0 Å². The summed E-state index contributed by atoms with van der Waals surface area (Å²) in [7, 11) is 0. The Morgan fingerprint density at radius 2 is 1.57 bits per heavy atom. The molecule has 4 nitrogen and oxygen atoms in total. The van der Waals surface area contributed by atoms with Gasteiger partial charge in [0.15, 0.2) is 0 Å². The first-order valence-electron chi connectivity index (χ1n) is 12.5. The van der Waals surface area contributed by atoms with Gasteiger partial charge in [-0.05, 0) is 61.9 Å². The maximum absolute atomic E-state index is 13.3. The van der Waals surface area contributed by atoms with Gasteiger partial charge in [0.2, 0.25) is 5.91 Å². The van der Waals surface area contributed by atoms with E-state index in [0.717, 1.165) is 24.8 Å². The molecule has 2 heterocycles. The predicted molar refractivity (Wildman–Crippen MR) is 125 cm³/mol. The first-order valence-corrected chi connectivity index (χ1v) is 12.5. The molecule has 2 fully saturated rings. The number of alkyl halides is 6. The van der Waals surface area contributed by atoms with Crippen molar-refractivity contribution in [2.45, 2.75) is 76.3 Å². The average molecular weight is 529 g/mol. The van der Waals surface area contributed by atoms with Crippen molar-refractivity contribution in [3.05, 3.63) is 70.8 Å². The smallest absolute Gasteiger partial charge is 0.372 e. The van der Waals surface area contributed by atoms with Crippen LogP contribution in [-0.4, -0.2) is 41.1 Å². The van der Waals surface area contributed by atoms with Gasteiger partial charge in [0.1, 0.15) is 0 Å². The molecule has 2 aliphatic heterocycles. The zero-order valence-electron chi connectivity index (χ0n) is 20.5. The highest BCUT2D eigenvalue weighted by Crippen LogP contribution is 2.39. The number of likely N-dealkylation sites (tertiary alicyclic amines) is 2. The minimum atomic E-state index is -4.92. The summed E-state index contributed by atoms with van der Waals surface area (Å²) in [5.74, 6) is 0.0808. The number of benzene rings is 2. The second-order valence-electron chi connectivity index (χ2n) is 9.68. The van der Waals surface area contributed by atoms with Gasteiger partial charge in [-0.25, -0.2) is 0 Å². The molecule has 10 heteroatoms. The molecular formula is C27H30F6N2O2. The predicted octanol–water partition coefficient (Wildman–Crippen LogP) is 6.81. The van der Waals surface area contributed by atoms with Crippen LogP contribution in [0.25, 0.3) is 0 Å². The summed E-state index contributed by atoms with van der Waals surface area (Å²) in [6.45, 7) is 2.90. The molecule has 0 bridgehead atoms. The number of hydrogen-bond acceptors (Lipinski definition) is 3. The number of carbonyl (C=O) groups is 1. The van der Waals surface area contributed by atoms with Crippen LogP contribution in [0, 0.1) is 0 Å². The molecule has 0 radical (unpaired) electrons. The number of amides is 1. The van der Waals surface area contributed by atoms with Crippen molar-refractivity contribution in [1.82, 2.24) is 9.80 Å². The van der Waals surface area contributed by atoms with Gasteiger partial charge in [-0.1, -0.05) is 30.3 Å². The Kier molecular flexibility index (Phi) is 8.18. The van der Waals surface area contributed by atoms with Crippen LogP contribution in [0.15, 0.2) is 48.5 Å². The minimum Gasteiger partial charge on any atom is -0.372 e. The summed E-state index contributed by atoms with van der Waals surface area (Å²) in [5.41, 5.74) is -1.99. The maximum Gasteiger partial charge on any atom is 0.416 e. The number of carbonyl (C=O) groups excluding carboxylic acids is 1. The standard InChI is InChI=1S/C27H30F6N2O2/c1-18(34-12-6-5-11-24(34)36)35-13-7-10-23(25(35)20-8-3-2-4-9-20)37-17-19-14-21(26(28,29)30)16-22(15-19)27(31,32)33/h2-4,8-9,14-16,18,23,25H,5-7,10-13,17H2,1H3/t18?,23-,25-/m0/s1. The summed E-state index contributed by atoms with van der Waals surface area (Å²) in [4.78, 5) is 16.6. The molecule has 2 aromatic carbocycles. The van der Waals surface area contributed by atoms with Crippen molar-refractivity contribution in [1.29, 1.82) is 0 Å². The topological polar surface area (TPSA) is 32.8 Å². The maximum atomic E-state index is 13.3. The van der Waals surface area contributed by atoms with Crippen molar-refractivity contribution in [3.8, 4) is 0 Å². The van der Waals surface area contributed by atoms with Gasteiger partial charge < -0.3 is 9.64 Å². The molecule has 0 saturated carbocycles. The fraction of sp³-hybridized carbons (Fsp3) is 0.519. The zero-order chi connectivity index (χ0) is 26.8.